The van der Waals surface area contributed by atoms with Crippen molar-refractivity contribution in [3.8, 4) is 0 Å². The molecule has 0 aliphatic carbocycles. The maximum Gasteiger partial charge on any atom is 0.426 e. The molecule has 0 unspecified atom stereocenters. The molecule has 0 atom stereocenters. The number of hydrogen-bond donors (Lipinski definition) is 1. The van der Waals surface area contributed by atoms with Gasteiger partial charge in [-0.05, 0) is 47.5 Å². The van der Waals surface area contributed by atoms with Gasteiger partial charge in [0.1, 0.15) is 5.82 Å². The summed E-state index contributed by atoms with van der Waals surface area (Å²) in [5, 5.41) is 4.09. The molecule has 154 valence electrons. The lowest BCUT2D eigenvalue weighted by Gasteiger charge is -2.14. The Labute approximate surface area is 172 Å². The molecule has 2 aromatic heterocycles. The molecule has 0 spiro atoms. The van der Waals surface area contributed by atoms with Crippen LogP contribution >= 0.6 is 0 Å². The minimum absolute atomic E-state index is 0.0570. The topological polar surface area (TPSA) is 101 Å². The number of carbonyl (C=O) groups excluding carboxylic acids is 1. The summed E-state index contributed by atoms with van der Waals surface area (Å²) in [6.45, 7) is 0.999. The summed E-state index contributed by atoms with van der Waals surface area (Å²) in [6, 6.07) is 9.48. The van der Waals surface area contributed by atoms with Crippen LogP contribution in [0.1, 0.15) is 16.8 Å². The van der Waals surface area contributed by atoms with E-state index >= 15 is 0 Å². The number of aromatic nitrogens is 2. The summed E-state index contributed by atoms with van der Waals surface area (Å²) in [7, 11) is -3.88. The number of pyridine rings is 2. The van der Waals surface area contributed by atoms with Gasteiger partial charge < -0.3 is 10.2 Å². The molecule has 10 heteroatoms. The molecule has 4 rings (SSSR count). The van der Waals surface area contributed by atoms with Crippen LogP contribution in [0, 0.1) is 5.82 Å². The van der Waals surface area contributed by atoms with Gasteiger partial charge >= 0.3 is 6.09 Å². The molecule has 0 saturated carbocycles. The van der Waals surface area contributed by atoms with Crippen molar-refractivity contribution in [2.75, 3.05) is 0 Å². The molecule has 1 N–H and O–H groups in total. The molecule has 0 fully saturated rings. The first kappa shape index (κ1) is 19.9. The van der Waals surface area contributed by atoms with E-state index in [9.17, 15) is 17.6 Å². The van der Waals surface area contributed by atoms with E-state index in [0.29, 0.717) is 18.8 Å². The van der Waals surface area contributed by atoms with Gasteiger partial charge in [-0.2, -0.15) is 0 Å². The van der Waals surface area contributed by atoms with Crippen LogP contribution in [0.15, 0.2) is 70.8 Å². The number of halogens is 1. The molecule has 0 saturated heterocycles. The molecule has 0 bridgehead atoms. The Bertz CT molecular complexity index is 1160. The van der Waals surface area contributed by atoms with E-state index < -0.39 is 21.7 Å². The average molecular weight is 428 g/mol. The van der Waals surface area contributed by atoms with E-state index in [1.165, 1.54) is 41.6 Å². The molecule has 30 heavy (non-hydrogen) atoms. The fourth-order valence-electron chi connectivity index (χ4n) is 3.01. The number of nitrogens with zero attached hydrogens (tertiary/aromatic N) is 3. The highest BCUT2D eigenvalue weighted by molar-refractivity contribution is 7.91. The Morgan fingerprint density at radius 1 is 1.10 bits per heavy atom. The van der Waals surface area contributed by atoms with Crippen LogP contribution in [0.5, 0.6) is 0 Å². The number of hydroxylamine groups is 2. The zero-order valence-corrected chi connectivity index (χ0v) is 16.5. The van der Waals surface area contributed by atoms with Gasteiger partial charge in [0.25, 0.3) is 0 Å². The van der Waals surface area contributed by atoms with Gasteiger partial charge in [-0.1, -0.05) is 6.07 Å². The summed E-state index contributed by atoms with van der Waals surface area (Å²) in [5.41, 5.74) is 2.50. The van der Waals surface area contributed by atoms with Gasteiger partial charge in [0.15, 0.2) is 0 Å². The minimum atomic E-state index is -3.88. The lowest BCUT2D eigenvalue weighted by molar-refractivity contribution is -0.106. The first-order valence-corrected chi connectivity index (χ1v) is 10.5. The van der Waals surface area contributed by atoms with Crippen LogP contribution in [-0.4, -0.2) is 29.5 Å². The predicted octanol–water partition coefficient (Wildman–Crippen LogP) is 2.61. The second-order valence-electron chi connectivity index (χ2n) is 6.62. The highest BCUT2D eigenvalue weighted by Gasteiger charge is 2.22. The zero-order valence-electron chi connectivity index (χ0n) is 15.7. The van der Waals surface area contributed by atoms with Crippen molar-refractivity contribution < 1.29 is 22.4 Å². The third-order valence-corrected chi connectivity index (χ3v) is 6.27. The highest BCUT2D eigenvalue weighted by Crippen LogP contribution is 2.22. The number of benzene rings is 1. The Morgan fingerprint density at radius 2 is 1.93 bits per heavy atom. The van der Waals surface area contributed by atoms with E-state index in [0.717, 1.165) is 17.2 Å². The predicted molar refractivity (Wildman–Crippen MR) is 103 cm³/mol. The van der Waals surface area contributed by atoms with Crippen LogP contribution in [0.2, 0.25) is 0 Å². The Morgan fingerprint density at radius 3 is 2.67 bits per heavy atom. The fourth-order valence-corrected chi connectivity index (χ4v) is 4.25. The molecule has 1 amide bonds. The number of amides is 1. The number of carbonyl (C=O) groups is 1. The molecule has 1 aromatic carbocycles. The molecular formula is C20H17FN4O4S. The molecule has 8 nitrogen and oxygen atoms in total. The van der Waals surface area contributed by atoms with Gasteiger partial charge in [-0.3, -0.25) is 9.97 Å². The minimum Gasteiger partial charge on any atom is -0.350 e. The van der Waals surface area contributed by atoms with Crippen molar-refractivity contribution in [3.63, 3.8) is 0 Å². The number of sulfone groups is 1. The third kappa shape index (κ3) is 4.29. The maximum atomic E-state index is 13.3. The summed E-state index contributed by atoms with van der Waals surface area (Å²) < 4.78 is 38.4. The third-order valence-electron chi connectivity index (χ3n) is 4.54. The number of nitrogens with one attached hydrogen (secondary N) is 1. The van der Waals surface area contributed by atoms with Crippen LogP contribution in [0.4, 0.5) is 9.18 Å². The summed E-state index contributed by atoms with van der Waals surface area (Å²) in [4.78, 5) is 25.2. The van der Waals surface area contributed by atoms with E-state index in [2.05, 4.69) is 15.3 Å². The van der Waals surface area contributed by atoms with Crippen molar-refractivity contribution >= 4 is 15.9 Å². The van der Waals surface area contributed by atoms with E-state index in [1.807, 2.05) is 6.07 Å². The van der Waals surface area contributed by atoms with Gasteiger partial charge in [0, 0.05) is 18.6 Å². The lowest BCUT2D eigenvalue weighted by atomic mass is 10.2. The standard InChI is InChI=1S/C20H17FN4O4S/c21-16-2-1-3-18(8-16)30(27,28)19-5-4-17(23-11-19)10-24-20(26)29-25-12-14-6-7-22-9-15(14)13-25/h1-9,11H,10,12-13H2,(H,24,26). The number of hydrogen-bond acceptors (Lipinski definition) is 7. The van der Waals surface area contributed by atoms with Crippen molar-refractivity contribution in [1.82, 2.24) is 20.3 Å². The molecule has 3 heterocycles. The zero-order chi connectivity index (χ0) is 21.1. The average Bonchev–Trinajstić information content (AvgIpc) is 3.15. The van der Waals surface area contributed by atoms with Crippen LogP contribution < -0.4 is 5.32 Å². The summed E-state index contributed by atoms with van der Waals surface area (Å²) >= 11 is 0. The Balaban J connectivity index is 1.33. The molecule has 0 radical (unpaired) electrons. The van der Waals surface area contributed by atoms with Crippen LogP contribution in [0.3, 0.4) is 0 Å². The van der Waals surface area contributed by atoms with E-state index in [1.54, 1.807) is 12.4 Å². The SMILES string of the molecule is O=C(NCc1ccc(S(=O)(=O)c2cccc(F)c2)cn1)ON1Cc2ccncc2C1. The normalized spacial score (nSPS) is 13.6. The Kier molecular flexibility index (Phi) is 5.42. The van der Waals surface area contributed by atoms with Gasteiger partial charge in [0.05, 0.1) is 35.1 Å². The molecular weight excluding hydrogens is 411 g/mol. The first-order chi connectivity index (χ1) is 14.4. The highest BCUT2D eigenvalue weighted by atomic mass is 32.2. The molecule has 3 aromatic rings. The lowest BCUT2D eigenvalue weighted by Crippen LogP contribution is -2.31. The van der Waals surface area contributed by atoms with Gasteiger partial charge in [0.2, 0.25) is 9.84 Å². The number of rotatable bonds is 5. The first-order valence-electron chi connectivity index (χ1n) is 9.00. The van der Waals surface area contributed by atoms with Gasteiger partial charge in [-0.15, -0.1) is 5.06 Å². The van der Waals surface area contributed by atoms with Crippen molar-refractivity contribution in [1.29, 1.82) is 0 Å². The second-order valence-corrected chi connectivity index (χ2v) is 8.57. The van der Waals surface area contributed by atoms with E-state index in [-0.39, 0.29) is 16.3 Å². The summed E-state index contributed by atoms with van der Waals surface area (Å²) in [5.74, 6) is -0.638. The van der Waals surface area contributed by atoms with Crippen molar-refractivity contribution in [2.24, 2.45) is 0 Å². The smallest absolute Gasteiger partial charge is 0.350 e. The van der Waals surface area contributed by atoms with Gasteiger partial charge in [-0.25, -0.2) is 17.6 Å². The monoisotopic (exact) mass is 428 g/mol. The second kappa shape index (κ2) is 8.17. The van der Waals surface area contributed by atoms with Crippen LogP contribution in [-0.2, 0) is 34.3 Å². The summed E-state index contributed by atoms with van der Waals surface area (Å²) in [6.07, 6.45) is 3.95. The van der Waals surface area contributed by atoms with Crippen molar-refractivity contribution in [2.45, 2.75) is 29.4 Å². The Hall–Kier alpha value is -3.37. The van der Waals surface area contributed by atoms with E-state index in [4.69, 9.17) is 4.84 Å². The number of fused-ring (bicyclic) bond motifs is 1. The molecule has 1 aliphatic rings. The largest absolute Gasteiger partial charge is 0.426 e. The van der Waals surface area contributed by atoms with Crippen molar-refractivity contribution in [3.05, 3.63) is 83.7 Å². The fraction of sp³-hybridized carbons (Fsp3) is 0.150. The molecule has 1 aliphatic heterocycles. The maximum absolute atomic E-state index is 13.3. The van der Waals surface area contributed by atoms with Crippen LogP contribution in [0.25, 0.3) is 0 Å². The quantitative estimate of drug-likeness (QED) is 0.667.